The maximum atomic E-state index is 4.52. The van der Waals surface area contributed by atoms with Gasteiger partial charge in [0.05, 0.1) is 0 Å². The monoisotopic (exact) mass is 196 g/mol. The number of nitrogens with one attached hydrogen (secondary N) is 1. The highest BCUT2D eigenvalue weighted by Gasteiger charge is 2.02. The number of allylic oxidation sites excluding steroid dienone is 2. The fourth-order valence-corrected chi connectivity index (χ4v) is 1.30. The Labute approximate surface area is 88.5 Å². The van der Waals surface area contributed by atoms with Crippen LogP contribution in [0, 0.1) is 0 Å². The zero-order valence-corrected chi connectivity index (χ0v) is 10.6. The smallest absolute Gasteiger partial charge is 0.0446 e. The van der Waals surface area contributed by atoms with Crippen LogP contribution in [0.25, 0.3) is 0 Å². The number of hydrogen-bond donors (Lipinski definition) is 1. The second-order valence-corrected chi connectivity index (χ2v) is 4.36. The van der Waals surface area contributed by atoms with E-state index >= 15 is 0 Å². The summed E-state index contributed by atoms with van der Waals surface area (Å²) in [5.41, 5.74) is 3.61. The van der Waals surface area contributed by atoms with Crippen LogP contribution < -0.4 is 5.32 Å². The average molecular weight is 196 g/mol. The molecule has 0 aromatic rings. The zero-order chi connectivity index (χ0) is 11.3. The van der Waals surface area contributed by atoms with Crippen molar-refractivity contribution in [2.45, 2.75) is 60.5 Å². The number of aliphatic imine (C=N–C) groups is 1. The second kappa shape index (κ2) is 5.84. The SMILES string of the molecule is CC(=NC(C)C)C(C)=C(C)NC(C)C. The fraction of sp³-hybridized carbons (Fsp3) is 0.750. The van der Waals surface area contributed by atoms with Gasteiger partial charge in [-0.05, 0) is 54.0 Å². The van der Waals surface area contributed by atoms with Crippen LogP contribution in [0.4, 0.5) is 0 Å². The Balaban J connectivity index is 4.64. The van der Waals surface area contributed by atoms with Crippen molar-refractivity contribution in [2.75, 3.05) is 0 Å². The van der Waals surface area contributed by atoms with Gasteiger partial charge in [0.15, 0.2) is 0 Å². The molecular formula is C12H24N2. The van der Waals surface area contributed by atoms with Gasteiger partial charge in [0.25, 0.3) is 0 Å². The molecule has 0 aromatic heterocycles. The van der Waals surface area contributed by atoms with Gasteiger partial charge >= 0.3 is 0 Å². The number of nitrogens with zero attached hydrogens (tertiary/aromatic N) is 1. The zero-order valence-electron chi connectivity index (χ0n) is 10.6. The summed E-state index contributed by atoms with van der Waals surface area (Å²) < 4.78 is 0. The Morgan fingerprint density at radius 2 is 1.50 bits per heavy atom. The lowest BCUT2D eigenvalue weighted by Gasteiger charge is -2.14. The summed E-state index contributed by atoms with van der Waals surface area (Å²) in [5.74, 6) is 0. The average Bonchev–Trinajstić information content (AvgIpc) is 2.00. The van der Waals surface area contributed by atoms with E-state index in [1.165, 1.54) is 11.3 Å². The number of hydrogen-bond acceptors (Lipinski definition) is 2. The Kier molecular flexibility index (Phi) is 5.51. The van der Waals surface area contributed by atoms with E-state index in [0.29, 0.717) is 12.1 Å². The Morgan fingerprint density at radius 3 is 1.86 bits per heavy atom. The molecule has 0 saturated heterocycles. The minimum Gasteiger partial charge on any atom is -0.386 e. The van der Waals surface area contributed by atoms with Crippen LogP contribution >= 0.6 is 0 Å². The van der Waals surface area contributed by atoms with Gasteiger partial charge in [-0.2, -0.15) is 0 Å². The summed E-state index contributed by atoms with van der Waals surface area (Å²) in [4.78, 5) is 4.52. The first kappa shape index (κ1) is 13.2. The molecule has 0 spiro atoms. The number of rotatable bonds is 4. The molecule has 0 fully saturated rings. The molecule has 0 bridgehead atoms. The second-order valence-electron chi connectivity index (χ2n) is 4.36. The van der Waals surface area contributed by atoms with Crippen LogP contribution in [0.15, 0.2) is 16.3 Å². The van der Waals surface area contributed by atoms with Gasteiger partial charge in [-0.15, -0.1) is 0 Å². The Bertz CT molecular complexity index is 235. The normalized spacial score (nSPS) is 14.8. The predicted octanol–water partition coefficient (Wildman–Crippen LogP) is 3.15. The lowest BCUT2D eigenvalue weighted by atomic mass is 10.1. The quantitative estimate of drug-likeness (QED) is 0.686. The highest BCUT2D eigenvalue weighted by atomic mass is 14.9. The van der Waals surface area contributed by atoms with Gasteiger partial charge in [-0.25, -0.2) is 0 Å². The van der Waals surface area contributed by atoms with Gasteiger partial charge in [-0.1, -0.05) is 0 Å². The van der Waals surface area contributed by atoms with E-state index in [0.717, 1.165) is 5.71 Å². The molecule has 0 aromatic carbocycles. The van der Waals surface area contributed by atoms with Crippen molar-refractivity contribution in [2.24, 2.45) is 4.99 Å². The van der Waals surface area contributed by atoms with E-state index < -0.39 is 0 Å². The maximum absolute atomic E-state index is 4.52. The molecule has 0 saturated carbocycles. The molecule has 0 heterocycles. The molecule has 82 valence electrons. The minimum absolute atomic E-state index is 0.372. The molecule has 14 heavy (non-hydrogen) atoms. The van der Waals surface area contributed by atoms with Crippen molar-refractivity contribution in [1.29, 1.82) is 0 Å². The third kappa shape index (κ3) is 5.05. The molecule has 1 N–H and O–H groups in total. The minimum atomic E-state index is 0.372. The van der Waals surface area contributed by atoms with Crippen molar-refractivity contribution in [3.8, 4) is 0 Å². The Hall–Kier alpha value is -0.790. The first-order valence-corrected chi connectivity index (χ1v) is 5.33. The van der Waals surface area contributed by atoms with E-state index in [-0.39, 0.29) is 0 Å². The van der Waals surface area contributed by atoms with Crippen LogP contribution in [0.2, 0.25) is 0 Å². The van der Waals surface area contributed by atoms with Crippen LogP contribution in [0.5, 0.6) is 0 Å². The summed E-state index contributed by atoms with van der Waals surface area (Å²) in [6.45, 7) is 14.8. The van der Waals surface area contributed by atoms with Crippen molar-refractivity contribution >= 4 is 5.71 Å². The summed E-state index contributed by atoms with van der Waals surface area (Å²) in [7, 11) is 0. The van der Waals surface area contributed by atoms with Gasteiger partial charge < -0.3 is 5.32 Å². The maximum Gasteiger partial charge on any atom is 0.0446 e. The van der Waals surface area contributed by atoms with Gasteiger partial charge in [0, 0.05) is 23.5 Å². The van der Waals surface area contributed by atoms with Gasteiger partial charge in [0.2, 0.25) is 0 Å². The fourth-order valence-electron chi connectivity index (χ4n) is 1.30. The molecule has 0 aliphatic rings. The van der Waals surface area contributed by atoms with Crippen LogP contribution in [-0.4, -0.2) is 17.8 Å². The molecule has 2 heteroatoms. The molecule has 0 atom stereocenters. The topological polar surface area (TPSA) is 24.4 Å². The van der Waals surface area contributed by atoms with Crippen molar-refractivity contribution in [3.05, 3.63) is 11.3 Å². The van der Waals surface area contributed by atoms with Crippen LogP contribution in [0.1, 0.15) is 48.5 Å². The summed E-state index contributed by atoms with van der Waals surface area (Å²) in [6.07, 6.45) is 0. The first-order valence-electron chi connectivity index (χ1n) is 5.33. The van der Waals surface area contributed by atoms with E-state index in [2.05, 4.69) is 58.8 Å². The van der Waals surface area contributed by atoms with E-state index in [9.17, 15) is 0 Å². The third-order valence-electron chi connectivity index (χ3n) is 2.06. The third-order valence-corrected chi connectivity index (χ3v) is 2.06. The molecule has 0 aliphatic heterocycles. The molecule has 2 nitrogen and oxygen atoms in total. The first-order chi connectivity index (χ1) is 6.34. The van der Waals surface area contributed by atoms with Crippen molar-refractivity contribution in [1.82, 2.24) is 5.32 Å². The highest BCUT2D eigenvalue weighted by Crippen LogP contribution is 2.05. The molecule has 0 radical (unpaired) electrons. The predicted molar refractivity (Wildman–Crippen MR) is 64.9 cm³/mol. The van der Waals surface area contributed by atoms with Crippen LogP contribution in [0.3, 0.4) is 0 Å². The molecule has 0 amide bonds. The van der Waals surface area contributed by atoms with Crippen molar-refractivity contribution in [3.63, 3.8) is 0 Å². The van der Waals surface area contributed by atoms with Crippen LogP contribution in [-0.2, 0) is 0 Å². The van der Waals surface area contributed by atoms with Gasteiger partial charge in [-0.3, -0.25) is 4.99 Å². The van der Waals surface area contributed by atoms with Gasteiger partial charge in [0.1, 0.15) is 0 Å². The summed E-state index contributed by atoms with van der Waals surface area (Å²) >= 11 is 0. The lowest BCUT2D eigenvalue weighted by Crippen LogP contribution is -2.22. The van der Waals surface area contributed by atoms with E-state index in [1.54, 1.807) is 0 Å². The Morgan fingerprint density at radius 1 is 1.00 bits per heavy atom. The van der Waals surface area contributed by atoms with E-state index in [1.807, 2.05) is 0 Å². The summed E-state index contributed by atoms with van der Waals surface area (Å²) in [6, 6.07) is 0.855. The lowest BCUT2D eigenvalue weighted by molar-refractivity contribution is 0.666. The van der Waals surface area contributed by atoms with E-state index in [4.69, 9.17) is 0 Å². The molecular weight excluding hydrogens is 172 g/mol. The largest absolute Gasteiger partial charge is 0.386 e. The molecule has 0 rings (SSSR count). The summed E-state index contributed by atoms with van der Waals surface area (Å²) in [5, 5.41) is 3.40. The highest BCUT2D eigenvalue weighted by molar-refractivity contribution is 5.98. The molecule has 0 unspecified atom stereocenters. The molecule has 0 aliphatic carbocycles. The van der Waals surface area contributed by atoms with Crippen molar-refractivity contribution < 1.29 is 0 Å². The standard InChI is InChI=1S/C12H24N2/c1-8(2)13-11(6)10(5)12(7)14-9(3)4/h8-9,13H,1-7H3.